The van der Waals surface area contributed by atoms with E-state index < -0.39 is 0 Å². The molecule has 0 N–H and O–H groups in total. The van der Waals surface area contributed by atoms with Crippen molar-refractivity contribution in [3.63, 3.8) is 0 Å². The van der Waals surface area contributed by atoms with Gasteiger partial charge < -0.3 is 4.57 Å². The zero-order valence-corrected chi connectivity index (χ0v) is 36.4. The van der Waals surface area contributed by atoms with Crippen molar-refractivity contribution in [2.75, 3.05) is 0 Å². The third kappa shape index (κ3) is 6.57. The van der Waals surface area contributed by atoms with Gasteiger partial charge >= 0.3 is 0 Å². The van der Waals surface area contributed by atoms with Crippen LogP contribution >= 0.6 is 0 Å². The van der Waals surface area contributed by atoms with E-state index in [1.165, 1.54) is 32.3 Å². The number of aromatic nitrogens is 4. The van der Waals surface area contributed by atoms with Crippen LogP contribution in [0.4, 0.5) is 0 Å². The van der Waals surface area contributed by atoms with Crippen molar-refractivity contribution in [2.24, 2.45) is 0 Å². The lowest BCUT2D eigenvalue weighted by atomic mass is 9.84. The molecule has 0 unspecified atom stereocenters. The van der Waals surface area contributed by atoms with Crippen LogP contribution < -0.4 is 0 Å². The predicted octanol–water partition coefficient (Wildman–Crippen LogP) is 16.4. The fourth-order valence-corrected chi connectivity index (χ4v) is 10.1. The Morgan fingerprint density at radius 3 is 1.43 bits per heavy atom. The molecule has 4 heteroatoms. The third-order valence-electron chi connectivity index (χ3n) is 13.2. The van der Waals surface area contributed by atoms with Crippen LogP contribution in [0.1, 0.15) is 0 Å². The minimum absolute atomic E-state index is 0.594. The average Bonchev–Trinajstić information content (AvgIpc) is 3.73. The van der Waals surface area contributed by atoms with Crippen LogP contribution in [0.5, 0.6) is 0 Å². The van der Waals surface area contributed by atoms with Gasteiger partial charge in [-0.2, -0.15) is 0 Å². The van der Waals surface area contributed by atoms with Gasteiger partial charge in [0, 0.05) is 44.2 Å². The summed E-state index contributed by atoms with van der Waals surface area (Å²) in [6.07, 6.45) is 0. The van der Waals surface area contributed by atoms with Crippen LogP contribution in [0.15, 0.2) is 243 Å². The lowest BCUT2D eigenvalue weighted by Gasteiger charge is -2.25. The largest absolute Gasteiger partial charge is 0.308 e. The average molecular weight is 853 g/mol. The van der Waals surface area contributed by atoms with Crippen molar-refractivity contribution in [3.05, 3.63) is 243 Å². The molecule has 11 aromatic carbocycles. The fourth-order valence-electron chi connectivity index (χ4n) is 10.1. The second kappa shape index (κ2) is 15.9. The Morgan fingerprint density at radius 1 is 0.269 bits per heavy atom. The number of nitrogens with zero attached hydrogens (tertiary/aromatic N) is 4. The fraction of sp³-hybridized carbons (Fsp3) is 0. The molecule has 0 saturated heterocycles. The molecule has 0 bridgehead atoms. The van der Waals surface area contributed by atoms with Crippen LogP contribution in [-0.2, 0) is 0 Å². The molecule has 2 heterocycles. The number of hydrogen-bond donors (Lipinski definition) is 0. The lowest BCUT2D eigenvalue weighted by Crippen LogP contribution is -2.06. The number of fused-ring (bicyclic) bond motifs is 7. The molecule has 0 atom stereocenters. The SMILES string of the molecule is c1ccc(-c2nc(-c3ccc4ccccc4c3)nc(-c3cc(-c4ccccc4)c(-n4c5cc6ccccc6cc5c5c6ccccc6ccc54)c(-c4ccccc4)c3-c3ccccc3)n2)cc1. The van der Waals surface area contributed by atoms with Gasteiger partial charge in [-0.15, -0.1) is 0 Å². The van der Waals surface area contributed by atoms with Crippen molar-refractivity contribution in [2.45, 2.75) is 0 Å². The standard InChI is InChI=1S/C63H40N4/c1-5-20-42(21-6-1)52-40-54(63-65-61(46-27-11-4-12-28-46)64-62(66-63)50-34-33-41-19-13-14-29-47(41)37-50)57(44-23-7-2-8-24-44)58(45-25-9-3-10-26-45)60(52)67-55-36-35-43-22-17-18-32-51(43)59(55)53-38-48-30-15-16-31-49(48)39-56(53)67/h1-40H. The Kier molecular flexibility index (Phi) is 9.14. The molecule has 13 aromatic rings. The maximum Gasteiger partial charge on any atom is 0.164 e. The molecule has 0 amide bonds. The molecule has 0 radical (unpaired) electrons. The van der Waals surface area contributed by atoms with E-state index in [0.717, 1.165) is 77.6 Å². The summed E-state index contributed by atoms with van der Waals surface area (Å²) in [5.74, 6) is 1.82. The van der Waals surface area contributed by atoms with E-state index in [0.29, 0.717) is 17.5 Å². The van der Waals surface area contributed by atoms with Crippen LogP contribution in [0.2, 0.25) is 0 Å². The normalized spacial score (nSPS) is 11.6. The zero-order chi connectivity index (χ0) is 44.3. The van der Waals surface area contributed by atoms with Gasteiger partial charge in [0.1, 0.15) is 0 Å². The van der Waals surface area contributed by atoms with E-state index in [-0.39, 0.29) is 0 Å². The molecular formula is C63H40N4. The van der Waals surface area contributed by atoms with Crippen LogP contribution in [0.25, 0.3) is 127 Å². The highest BCUT2D eigenvalue weighted by molar-refractivity contribution is 6.24. The first-order chi connectivity index (χ1) is 33.2. The molecule has 0 fully saturated rings. The van der Waals surface area contributed by atoms with Crippen LogP contribution in [0.3, 0.4) is 0 Å². The van der Waals surface area contributed by atoms with Gasteiger partial charge in [-0.05, 0) is 79.3 Å². The number of hydrogen-bond acceptors (Lipinski definition) is 3. The third-order valence-corrected chi connectivity index (χ3v) is 13.2. The summed E-state index contributed by atoms with van der Waals surface area (Å²) in [7, 11) is 0. The Hall–Kier alpha value is -8.99. The maximum atomic E-state index is 5.49. The number of benzene rings is 11. The van der Waals surface area contributed by atoms with Gasteiger partial charge in [0.15, 0.2) is 17.5 Å². The molecule has 13 rings (SSSR count). The molecule has 2 aromatic heterocycles. The highest BCUT2D eigenvalue weighted by atomic mass is 15.0. The summed E-state index contributed by atoms with van der Waals surface area (Å²) in [4.78, 5) is 16.2. The Morgan fingerprint density at radius 2 is 0.761 bits per heavy atom. The van der Waals surface area contributed by atoms with Gasteiger partial charge in [0.25, 0.3) is 0 Å². The van der Waals surface area contributed by atoms with E-state index in [2.05, 4.69) is 229 Å². The van der Waals surface area contributed by atoms with Gasteiger partial charge in [0.2, 0.25) is 0 Å². The second-order valence-corrected chi connectivity index (χ2v) is 17.1. The Labute approximate surface area is 387 Å². The summed E-state index contributed by atoms with van der Waals surface area (Å²) in [6.45, 7) is 0. The van der Waals surface area contributed by atoms with Crippen molar-refractivity contribution in [3.8, 4) is 73.2 Å². The molecule has 4 nitrogen and oxygen atoms in total. The van der Waals surface area contributed by atoms with Crippen molar-refractivity contribution in [1.82, 2.24) is 19.5 Å². The van der Waals surface area contributed by atoms with Crippen LogP contribution in [-0.4, -0.2) is 19.5 Å². The zero-order valence-electron chi connectivity index (χ0n) is 36.4. The van der Waals surface area contributed by atoms with E-state index >= 15 is 0 Å². The smallest absolute Gasteiger partial charge is 0.164 e. The van der Waals surface area contributed by atoms with E-state index in [4.69, 9.17) is 15.0 Å². The van der Waals surface area contributed by atoms with Crippen LogP contribution in [0, 0.1) is 0 Å². The van der Waals surface area contributed by atoms with Crippen molar-refractivity contribution in [1.29, 1.82) is 0 Å². The van der Waals surface area contributed by atoms with Gasteiger partial charge in [0.05, 0.1) is 16.7 Å². The van der Waals surface area contributed by atoms with E-state index in [1.54, 1.807) is 0 Å². The second-order valence-electron chi connectivity index (χ2n) is 17.1. The molecule has 0 spiro atoms. The Balaban J connectivity index is 1.23. The Bertz CT molecular complexity index is 4010. The molecule has 67 heavy (non-hydrogen) atoms. The van der Waals surface area contributed by atoms with Crippen molar-refractivity contribution < 1.29 is 0 Å². The summed E-state index contributed by atoms with van der Waals surface area (Å²) in [5.41, 5.74) is 12.5. The predicted molar refractivity (Wildman–Crippen MR) is 279 cm³/mol. The highest BCUT2D eigenvalue weighted by Crippen LogP contribution is 2.50. The lowest BCUT2D eigenvalue weighted by molar-refractivity contribution is 1.07. The first-order valence-corrected chi connectivity index (χ1v) is 22.8. The van der Waals surface area contributed by atoms with Gasteiger partial charge in [-0.1, -0.05) is 212 Å². The van der Waals surface area contributed by atoms with E-state index in [9.17, 15) is 0 Å². The monoisotopic (exact) mass is 852 g/mol. The summed E-state index contributed by atoms with van der Waals surface area (Å²) in [5, 5.41) is 9.55. The topological polar surface area (TPSA) is 43.6 Å². The molecule has 0 aliphatic carbocycles. The molecular weight excluding hydrogens is 813 g/mol. The summed E-state index contributed by atoms with van der Waals surface area (Å²) < 4.78 is 2.54. The van der Waals surface area contributed by atoms with Gasteiger partial charge in [-0.25, -0.2) is 15.0 Å². The minimum Gasteiger partial charge on any atom is -0.308 e. The highest BCUT2D eigenvalue weighted by Gasteiger charge is 2.28. The minimum atomic E-state index is 0.594. The molecule has 0 saturated carbocycles. The quantitative estimate of drug-likeness (QED) is 0.160. The molecule has 312 valence electrons. The number of rotatable bonds is 7. The molecule has 0 aliphatic heterocycles. The van der Waals surface area contributed by atoms with Gasteiger partial charge in [-0.3, -0.25) is 0 Å². The summed E-state index contributed by atoms with van der Waals surface area (Å²) >= 11 is 0. The first-order valence-electron chi connectivity index (χ1n) is 22.8. The summed E-state index contributed by atoms with van der Waals surface area (Å²) in [6, 6.07) is 86.8. The molecule has 0 aliphatic rings. The maximum absolute atomic E-state index is 5.49. The van der Waals surface area contributed by atoms with Crippen molar-refractivity contribution >= 4 is 54.1 Å². The van der Waals surface area contributed by atoms with E-state index in [1.807, 2.05) is 18.2 Å². The first kappa shape index (κ1) is 38.5.